The molecule has 0 bridgehead atoms. The van der Waals surface area contributed by atoms with E-state index >= 15 is 0 Å². The number of aryl methyl sites for hydroxylation is 1. The minimum absolute atomic E-state index is 0.174. The molecule has 5 heteroatoms. The summed E-state index contributed by atoms with van der Waals surface area (Å²) in [5.41, 5.74) is 2.51. The number of aromatic nitrogens is 2. The zero-order chi connectivity index (χ0) is 15.6. The van der Waals surface area contributed by atoms with E-state index in [1.54, 1.807) is 6.20 Å². The lowest BCUT2D eigenvalue weighted by Crippen LogP contribution is -2.50. The van der Waals surface area contributed by atoms with Crippen LogP contribution in [0.15, 0.2) is 36.5 Å². The van der Waals surface area contributed by atoms with Gasteiger partial charge in [0, 0.05) is 31.9 Å². The number of aliphatic hydroxyl groups excluding tert-OH is 1. The molecule has 1 saturated heterocycles. The number of piperidine rings is 1. The van der Waals surface area contributed by atoms with Crippen molar-refractivity contribution in [1.29, 1.82) is 0 Å². The van der Waals surface area contributed by atoms with Crippen molar-refractivity contribution in [3.63, 3.8) is 0 Å². The molecule has 118 valence electrons. The summed E-state index contributed by atoms with van der Waals surface area (Å²) in [6.07, 6.45) is 3.38. The summed E-state index contributed by atoms with van der Waals surface area (Å²) in [4.78, 5) is 2.22. The number of hydrogen-bond acceptors (Lipinski definition) is 4. The first kappa shape index (κ1) is 15.2. The molecule has 0 saturated carbocycles. The molecular formula is C17H23N3O2. The van der Waals surface area contributed by atoms with Gasteiger partial charge in [0.05, 0.1) is 12.3 Å². The Morgan fingerprint density at radius 2 is 2.09 bits per heavy atom. The zero-order valence-electron chi connectivity index (χ0n) is 12.9. The Labute approximate surface area is 130 Å². The maximum Gasteiger partial charge on any atom is 0.100 e. The highest BCUT2D eigenvalue weighted by atomic mass is 16.3. The largest absolute Gasteiger partial charge is 0.393 e. The molecule has 0 unspecified atom stereocenters. The smallest absolute Gasteiger partial charge is 0.100 e. The Bertz CT molecular complexity index is 640. The summed E-state index contributed by atoms with van der Waals surface area (Å²) in [5, 5.41) is 24.0. The van der Waals surface area contributed by atoms with Crippen molar-refractivity contribution >= 4 is 0 Å². The van der Waals surface area contributed by atoms with Crippen LogP contribution in [0.5, 0.6) is 0 Å². The normalized spacial score (nSPS) is 22.9. The topological polar surface area (TPSA) is 61.5 Å². The van der Waals surface area contributed by atoms with Gasteiger partial charge in [-0.2, -0.15) is 5.10 Å². The number of β-amino-alcohol motifs (C(OH)–C–C–N with tert-alkyl or cyclic N) is 1. The minimum atomic E-state index is -0.959. The van der Waals surface area contributed by atoms with Crippen LogP contribution < -0.4 is 0 Å². The van der Waals surface area contributed by atoms with Crippen LogP contribution in [0.2, 0.25) is 0 Å². The standard InChI is InChI=1S/C17H23N3O2/c1-19-16(7-9-18-19)15-6-3-2-5-14(15)11-20-10-4-8-17(22,12-20)13-21/h2-3,5-7,9,21-22H,4,8,10-13H2,1H3/t17-/m1/s1. The maximum atomic E-state index is 10.3. The summed E-state index contributed by atoms with van der Waals surface area (Å²) >= 11 is 0. The first-order valence-corrected chi connectivity index (χ1v) is 7.73. The van der Waals surface area contributed by atoms with E-state index in [1.165, 1.54) is 11.1 Å². The van der Waals surface area contributed by atoms with Crippen LogP contribution in [0.1, 0.15) is 18.4 Å². The van der Waals surface area contributed by atoms with E-state index in [1.807, 2.05) is 29.9 Å². The Morgan fingerprint density at radius 1 is 1.27 bits per heavy atom. The van der Waals surface area contributed by atoms with Crippen molar-refractivity contribution < 1.29 is 10.2 Å². The van der Waals surface area contributed by atoms with Crippen molar-refractivity contribution in [3.8, 4) is 11.3 Å². The molecule has 1 aromatic carbocycles. The van der Waals surface area contributed by atoms with Crippen LogP contribution in [0.3, 0.4) is 0 Å². The van der Waals surface area contributed by atoms with E-state index in [2.05, 4.69) is 22.1 Å². The average molecular weight is 301 g/mol. The molecule has 5 nitrogen and oxygen atoms in total. The molecule has 0 aliphatic carbocycles. The van der Waals surface area contributed by atoms with E-state index < -0.39 is 5.60 Å². The van der Waals surface area contributed by atoms with Gasteiger partial charge in [-0.25, -0.2) is 0 Å². The predicted octanol–water partition coefficient (Wildman–Crippen LogP) is 1.41. The predicted molar refractivity (Wildman–Crippen MR) is 85.2 cm³/mol. The fourth-order valence-electron chi connectivity index (χ4n) is 3.26. The third kappa shape index (κ3) is 3.06. The van der Waals surface area contributed by atoms with E-state index in [0.29, 0.717) is 13.0 Å². The second-order valence-corrected chi connectivity index (χ2v) is 6.19. The van der Waals surface area contributed by atoms with Crippen LogP contribution in [-0.4, -0.2) is 50.2 Å². The van der Waals surface area contributed by atoms with Crippen LogP contribution in [0, 0.1) is 0 Å². The van der Waals surface area contributed by atoms with E-state index in [4.69, 9.17) is 0 Å². The summed E-state index contributed by atoms with van der Waals surface area (Å²) < 4.78 is 1.87. The molecule has 2 N–H and O–H groups in total. The second kappa shape index (κ2) is 6.20. The molecule has 1 aliphatic heterocycles. The van der Waals surface area contributed by atoms with Gasteiger partial charge in [-0.3, -0.25) is 9.58 Å². The number of hydrogen-bond donors (Lipinski definition) is 2. The molecule has 1 aliphatic rings. The fraction of sp³-hybridized carbons (Fsp3) is 0.471. The van der Waals surface area contributed by atoms with Gasteiger partial charge in [0.25, 0.3) is 0 Å². The molecule has 0 amide bonds. The van der Waals surface area contributed by atoms with Gasteiger partial charge in [-0.1, -0.05) is 24.3 Å². The first-order valence-electron chi connectivity index (χ1n) is 7.73. The highest BCUT2D eigenvalue weighted by Crippen LogP contribution is 2.27. The van der Waals surface area contributed by atoms with Gasteiger partial charge in [-0.05, 0) is 31.0 Å². The molecule has 2 aromatic rings. The van der Waals surface area contributed by atoms with E-state index in [-0.39, 0.29) is 6.61 Å². The zero-order valence-corrected chi connectivity index (χ0v) is 12.9. The van der Waals surface area contributed by atoms with Crippen molar-refractivity contribution in [2.24, 2.45) is 7.05 Å². The summed E-state index contributed by atoms with van der Waals surface area (Å²) in [6.45, 7) is 2.06. The molecule has 3 rings (SSSR count). The molecule has 1 atom stereocenters. The van der Waals surface area contributed by atoms with Crippen LogP contribution in [-0.2, 0) is 13.6 Å². The molecule has 2 heterocycles. The molecule has 22 heavy (non-hydrogen) atoms. The Kier molecular flexibility index (Phi) is 4.29. The summed E-state index contributed by atoms with van der Waals surface area (Å²) in [5.74, 6) is 0. The van der Waals surface area contributed by atoms with Crippen LogP contribution >= 0.6 is 0 Å². The SMILES string of the molecule is Cn1nccc1-c1ccccc1CN1CCC[C@](O)(CO)C1. The Balaban J connectivity index is 1.83. The van der Waals surface area contributed by atoms with Crippen molar-refractivity contribution in [2.75, 3.05) is 19.7 Å². The number of rotatable bonds is 4. The molecular weight excluding hydrogens is 278 g/mol. The van der Waals surface area contributed by atoms with Gasteiger partial charge >= 0.3 is 0 Å². The molecule has 0 spiro atoms. The Hall–Kier alpha value is -1.69. The van der Waals surface area contributed by atoms with Gasteiger partial charge in [0.2, 0.25) is 0 Å². The second-order valence-electron chi connectivity index (χ2n) is 6.19. The van der Waals surface area contributed by atoms with Gasteiger partial charge in [0.15, 0.2) is 0 Å². The van der Waals surface area contributed by atoms with E-state index in [9.17, 15) is 10.2 Å². The lowest BCUT2D eigenvalue weighted by Gasteiger charge is -2.38. The lowest BCUT2D eigenvalue weighted by molar-refractivity contribution is -0.0686. The Morgan fingerprint density at radius 3 is 2.82 bits per heavy atom. The maximum absolute atomic E-state index is 10.3. The number of nitrogens with zero attached hydrogens (tertiary/aromatic N) is 3. The highest BCUT2D eigenvalue weighted by molar-refractivity contribution is 5.63. The monoisotopic (exact) mass is 301 g/mol. The number of aliphatic hydroxyl groups is 2. The summed E-state index contributed by atoms with van der Waals surface area (Å²) in [6, 6.07) is 10.3. The lowest BCUT2D eigenvalue weighted by atomic mass is 9.93. The number of benzene rings is 1. The summed E-state index contributed by atoms with van der Waals surface area (Å²) in [7, 11) is 1.94. The number of likely N-dealkylation sites (tertiary alicyclic amines) is 1. The molecule has 1 aromatic heterocycles. The quantitative estimate of drug-likeness (QED) is 0.896. The third-order valence-electron chi connectivity index (χ3n) is 4.44. The van der Waals surface area contributed by atoms with Crippen molar-refractivity contribution in [2.45, 2.75) is 25.0 Å². The van der Waals surface area contributed by atoms with Gasteiger partial charge in [-0.15, -0.1) is 0 Å². The van der Waals surface area contributed by atoms with Crippen LogP contribution in [0.4, 0.5) is 0 Å². The fourth-order valence-corrected chi connectivity index (χ4v) is 3.26. The highest BCUT2D eigenvalue weighted by Gasteiger charge is 2.32. The molecule has 0 radical (unpaired) electrons. The first-order chi connectivity index (χ1) is 10.6. The van der Waals surface area contributed by atoms with E-state index in [0.717, 1.165) is 25.2 Å². The van der Waals surface area contributed by atoms with Crippen LogP contribution in [0.25, 0.3) is 11.3 Å². The molecule has 1 fully saturated rings. The minimum Gasteiger partial charge on any atom is -0.393 e. The van der Waals surface area contributed by atoms with Gasteiger partial charge < -0.3 is 10.2 Å². The van der Waals surface area contributed by atoms with Crippen molar-refractivity contribution in [1.82, 2.24) is 14.7 Å². The van der Waals surface area contributed by atoms with Gasteiger partial charge in [0.1, 0.15) is 5.60 Å². The van der Waals surface area contributed by atoms with Crippen molar-refractivity contribution in [3.05, 3.63) is 42.1 Å². The third-order valence-corrected chi connectivity index (χ3v) is 4.44. The average Bonchev–Trinajstić information content (AvgIpc) is 2.94.